The SMILES string of the molecule is CCC(C)C(=O)O[C@H](C)[C@H]1CC[C@H]2[C@@H]3COC(=O)[C@H]4C[C@H](O)[C@H](O)C[C@]4(C)[C@H]3CC[C@]12C. The normalized spacial score (nSPS) is 47.8. The molecule has 2 N–H and O–H groups in total. The molecule has 0 aromatic carbocycles. The maximum Gasteiger partial charge on any atom is 0.309 e. The lowest BCUT2D eigenvalue weighted by molar-refractivity contribution is -0.162. The van der Waals surface area contributed by atoms with E-state index >= 15 is 0 Å². The second kappa shape index (κ2) is 8.57. The van der Waals surface area contributed by atoms with Crippen molar-refractivity contribution in [3.63, 3.8) is 0 Å². The Hall–Kier alpha value is -1.14. The first-order valence-corrected chi connectivity index (χ1v) is 12.8. The molecular formula is C26H42O6. The zero-order valence-electron chi connectivity index (χ0n) is 20.4. The largest absolute Gasteiger partial charge is 0.465 e. The van der Waals surface area contributed by atoms with Gasteiger partial charge in [0.2, 0.25) is 0 Å². The van der Waals surface area contributed by atoms with Crippen LogP contribution in [0.5, 0.6) is 0 Å². The summed E-state index contributed by atoms with van der Waals surface area (Å²) in [4.78, 5) is 25.4. The second-order valence-electron chi connectivity index (χ2n) is 11.8. The van der Waals surface area contributed by atoms with E-state index in [-0.39, 0.29) is 59.0 Å². The third-order valence-corrected chi connectivity index (χ3v) is 10.3. The molecule has 0 aromatic rings. The maximum absolute atomic E-state index is 12.9. The van der Waals surface area contributed by atoms with E-state index in [1.54, 1.807) is 0 Å². The molecule has 1 heterocycles. The van der Waals surface area contributed by atoms with Crippen molar-refractivity contribution in [3.8, 4) is 0 Å². The molecule has 32 heavy (non-hydrogen) atoms. The van der Waals surface area contributed by atoms with Crippen LogP contribution in [0.4, 0.5) is 0 Å². The summed E-state index contributed by atoms with van der Waals surface area (Å²) >= 11 is 0. The van der Waals surface area contributed by atoms with E-state index in [1.807, 2.05) is 20.8 Å². The number of hydrogen-bond acceptors (Lipinski definition) is 6. The average molecular weight is 451 g/mol. The standard InChI is InChI=1S/C26H42O6/c1-6-14(2)23(29)32-15(3)17-7-8-18-16-13-31-24(30)20-11-21(27)22(28)12-26(20,5)19(16)9-10-25(17,18)4/h14-22,27-28H,6-13H2,1-5H3/t14?,15-,16+,17-,18+,19+,20-,21+,22-,25-,26-/m1/s1. The lowest BCUT2D eigenvalue weighted by Gasteiger charge is -2.55. The summed E-state index contributed by atoms with van der Waals surface area (Å²) in [6.45, 7) is 10.9. The van der Waals surface area contributed by atoms with Crippen LogP contribution in [0.2, 0.25) is 0 Å². The molecule has 1 saturated heterocycles. The zero-order chi connectivity index (χ0) is 23.4. The van der Waals surface area contributed by atoms with Gasteiger partial charge in [-0.05, 0) is 80.5 Å². The number of fused-ring (bicyclic) bond motifs is 5. The van der Waals surface area contributed by atoms with E-state index < -0.39 is 12.2 Å². The Morgan fingerprint density at radius 3 is 2.50 bits per heavy atom. The monoisotopic (exact) mass is 450 g/mol. The fourth-order valence-electron chi connectivity index (χ4n) is 8.15. The van der Waals surface area contributed by atoms with Crippen molar-refractivity contribution >= 4 is 11.9 Å². The molecule has 6 nitrogen and oxygen atoms in total. The molecule has 3 aliphatic carbocycles. The Labute approximate surface area is 192 Å². The lowest BCUT2D eigenvalue weighted by atomic mass is 9.49. The van der Waals surface area contributed by atoms with Crippen molar-refractivity contribution in [2.75, 3.05) is 6.61 Å². The molecule has 11 atom stereocenters. The van der Waals surface area contributed by atoms with Gasteiger partial charge in [-0.15, -0.1) is 0 Å². The summed E-state index contributed by atoms with van der Waals surface area (Å²) in [5.41, 5.74) is -0.309. The first kappa shape index (κ1) is 24.0. The molecular weight excluding hydrogens is 408 g/mol. The first-order valence-electron chi connectivity index (χ1n) is 12.8. The van der Waals surface area contributed by atoms with Gasteiger partial charge in [0.25, 0.3) is 0 Å². The number of ether oxygens (including phenoxy) is 2. The predicted octanol–water partition coefficient (Wildman–Crippen LogP) is 3.72. The van der Waals surface area contributed by atoms with Gasteiger partial charge in [-0.2, -0.15) is 0 Å². The van der Waals surface area contributed by atoms with Crippen molar-refractivity contribution in [2.45, 2.75) is 97.9 Å². The smallest absolute Gasteiger partial charge is 0.309 e. The fourth-order valence-corrected chi connectivity index (χ4v) is 8.15. The molecule has 0 bridgehead atoms. The average Bonchev–Trinajstić information content (AvgIpc) is 3.06. The van der Waals surface area contributed by atoms with E-state index in [2.05, 4.69) is 13.8 Å². The van der Waals surface area contributed by atoms with Gasteiger partial charge in [0.1, 0.15) is 6.10 Å². The van der Waals surface area contributed by atoms with Crippen LogP contribution >= 0.6 is 0 Å². The Bertz CT molecular complexity index is 738. The van der Waals surface area contributed by atoms with E-state index in [4.69, 9.17) is 9.47 Å². The van der Waals surface area contributed by atoms with E-state index in [1.165, 1.54) is 0 Å². The number of rotatable bonds is 4. The minimum Gasteiger partial charge on any atom is -0.465 e. The van der Waals surface area contributed by atoms with Crippen LogP contribution in [0.15, 0.2) is 0 Å². The Morgan fingerprint density at radius 2 is 1.81 bits per heavy atom. The molecule has 4 fully saturated rings. The number of aliphatic hydroxyl groups is 2. The van der Waals surface area contributed by atoms with Crippen molar-refractivity contribution in [1.82, 2.24) is 0 Å². The molecule has 0 amide bonds. The van der Waals surface area contributed by atoms with Crippen LogP contribution in [0.3, 0.4) is 0 Å². The van der Waals surface area contributed by atoms with Gasteiger partial charge in [0, 0.05) is 5.92 Å². The number of hydrogen-bond donors (Lipinski definition) is 2. The van der Waals surface area contributed by atoms with Gasteiger partial charge >= 0.3 is 11.9 Å². The summed E-state index contributed by atoms with van der Waals surface area (Å²) in [5, 5.41) is 20.8. The highest BCUT2D eigenvalue weighted by Crippen LogP contribution is 2.65. The summed E-state index contributed by atoms with van der Waals surface area (Å²) in [6.07, 6.45) is 3.84. The van der Waals surface area contributed by atoms with Gasteiger partial charge in [-0.25, -0.2) is 0 Å². The topological polar surface area (TPSA) is 93.1 Å². The lowest BCUT2D eigenvalue weighted by Crippen LogP contribution is -2.54. The first-order chi connectivity index (χ1) is 15.0. The summed E-state index contributed by atoms with van der Waals surface area (Å²) in [7, 11) is 0. The third-order valence-electron chi connectivity index (χ3n) is 10.3. The van der Waals surface area contributed by atoms with Crippen LogP contribution < -0.4 is 0 Å². The van der Waals surface area contributed by atoms with Gasteiger partial charge < -0.3 is 19.7 Å². The van der Waals surface area contributed by atoms with Gasteiger partial charge in [0.15, 0.2) is 0 Å². The molecule has 1 aliphatic heterocycles. The van der Waals surface area contributed by atoms with Crippen LogP contribution in [-0.4, -0.2) is 47.1 Å². The van der Waals surface area contributed by atoms with Crippen LogP contribution in [0.1, 0.15) is 79.6 Å². The molecule has 0 spiro atoms. The number of cyclic esters (lactones) is 1. The molecule has 1 unspecified atom stereocenters. The Balaban J connectivity index is 1.57. The van der Waals surface area contributed by atoms with E-state index in [9.17, 15) is 19.8 Å². The Kier molecular flexibility index (Phi) is 6.43. The molecule has 0 radical (unpaired) electrons. The van der Waals surface area contributed by atoms with Crippen molar-refractivity contribution < 1.29 is 29.3 Å². The minimum absolute atomic E-state index is 0.0473. The van der Waals surface area contributed by atoms with Gasteiger partial charge in [-0.1, -0.05) is 27.7 Å². The fraction of sp³-hybridized carbons (Fsp3) is 0.923. The highest BCUT2D eigenvalue weighted by atomic mass is 16.5. The highest BCUT2D eigenvalue weighted by Gasteiger charge is 2.63. The van der Waals surface area contributed by atoms with Crippen LogP contribution in [0.25, 0.3) is 0 Å². The van der Waals surface area contributed by atoms with Gasteiger partial charge in [-0.3, -0.25) is 9.59 Å². The van der Waals surface area contributed by atoms with Crippen molar-refractivity contribution in [2.24, 2.45) is 46.3 Å². The molecule has 4 rings (SSSR count). The molecule has 3 saturated carbocycles. The number of carbonyl (C=O) groups excluding carboxylic acids is 2. The summed E-state index contributed by atoms with van der Waals surface area (Å²) in [6, 6.07) is 0. The Morgan fingerprint density at radius 1 is 1.12 bits per heavy atom. The second-order valence-corrected chi connectivity index (χ2v) is 11.8. The molecule has 182 valence electrons. The van der Waals surface area contributed by atoms with Crippen molar-refractivity contribution in [3.05, 3.63) is 0 Å². The summed E-state index contributed by atoms with van der Waals surface area (Å²) in [5.74, 6) is 0.506. The maximum atomic E-state index is 12.9. The third kappa shape index (κ3) is 3.70. The zero-order valence-corrected chi connectivity index (χ0v) is 20.4. The van der Waals surface area contributed by atoms with E-state index in [0.717, 1.165) is 32.1 Å². The van der Waals surface area contributed by atoms with Crippen molar-refractivity contribution in [1.29, 1.82) is 0 Å². The minimum atomic E-state index is -0.858. The number of esters is 2. The van der Waals surface area contributed by atoms with Crippen LogP contribution in [-0.2, 0) is 19.1 Å². The molecule has 4 aliphatic rings. The molecule has 6 heteroatoms. The van der Waals surface area contributed by atoms with E-state index in [0.29, 0.717) is 24.9 Å². The number of carbonyl (C=O) groups is 2. The van der Waals surface area contributed by atoms with Gasteiger partial charge in [0.05, 0.1) is 30.7 Å². The summed E-state index contributed by atoms with van der Waals surface area (Å²) < 4.78 is 11.8. The van der Waals surface area contributed by atoms with Crippen LogP contribution in [0, 0.1) is 46.3 Å². The quantitative estimate of drug-likeness (QED) is 0.634. The predicted molar refractivity (Wildman–Crippen MR) is 119 cm³/mol. The number of aliphatic hydroxyl groups excluding tert-OH is 2. The highest BCUT2D eigenvalue weighted by molar-refractivity contribution is 5.74. The molecule has 0 aromatic heterocycles.